The molecule has 0 atom stereocenters. The lowest BCUT2D eigenvalue weighted by Gasteiger charge is -2.05. The maximum atomic E-state index is 11.7. The van der Waals surface area contributed by atoms with Crippen molar-refractivity contribution in [2.75, 3.05) is 26.0 Å². The fourth-order valence-corrected chi connectivity index (χ4v) is 2.12. The zero-order valence-electron chi connectivity index (χ0n) is 11.4. The monoisotopic (exact) mass is 296 g/mol. The molecule has 0 saturated heterocycles. The van der Waals surface area contributed by atoms with Crippen LogP contribution in [0.5, 0.6) is 0 Å². The highest BCUT2D eigenvalue weighted by molar-refractivity contribution is 7.99. The molecule has 1 aromatic heterocycles. The molecule has 20 heavy (non-hydrogen) atoms. The summed E-state index contributed by atoms with van der Waals surface area (Å²) in [5.74, 6) is -0.0288. The number of thioether (sulfide) groups is 1. The third-order valence-corrected chi connectivity index (χ3v) is 3.26. The van der Waals surface area contributed by atoms with E-state index in [-0.39, 0.29) is 17.2 Å². The fraction of sp³-hybridized carbons (Fsp3) is 0.500. The van der Waals surface area contributed by atoms with Crippen molar-refractivity contribution in [3.8, 4) is 6.07 Å². The van der Waals surface area contributed by atoms with Crippen molar-refractivity contribution in [1.29, 1.82) is 5.26 Å². The van der Waals surface area contributed by atoms with Gasteiger partial charge < -0.3 is 15.0 Å². The van der Waals surface area contributed by atoms with Crippen molar-refractivity contribution >= 4 is 17.7 Å². The number of nitrogens with zero attached hydrogens (tertiary/aromatic N) is 2. The number of nitriles is 1. The first-order valence-electron chi connectivity index (χ1n) is 6.04. The Labute approximate surface area is 120 Å². The Kier molecular flexibility index (Phi) is 6.76. The van der Waals surface area contributed by atoms with Crippen LogP contribution >= 0.6 is 11.8 Å². The molecule has 1 aromatic rings. The number of H-pyrrole nitrogens is 1. The van der Waals surface area contributed by atoms with Gasteiger partial charge in [0.05, 0.1) is 18.1 Å². The van der Waals surface area contributed by atoms with E-state index in [0.717, 1.165) is 11.8 Å². The quantitative estimate of drug-likeness (QED) is 0.418. The number of methoxy groups -OCH3 is 1. The van der Waals surface area contributed by atoms with E-state index in [0.29, 0.717) is 30.4 Å². The minimum Gasteiger partial charge on any atom is -0.383 e. The second-order valence-electron chi connectivity index (χ2n) is 3.79. The van der Waals surface area contributed by atoms with Gasteiger partial charge in [-0.2, -0.15) is 5.26 Å². The largest absolute Gasteiger partial charge is 0.383 e. The summed E-state index contributed by atoms with van der Waals surface area (Å²) < 4.78 is 4.81. The first-order chi connectivity index (χ1) is 9.62. The van der Waals surface area contributed by atoms with E-state index in [9.17, 15) is 9.59 Å². The maximum Gasteiger partial charge on any atom is 0.269 e. The highest BCUT2D eigenvalue weighted by Crippen LogP contribution is 2.12. The molecule has 1 amide bonds. The van der Waals surface area contributed by atoms with Gasteiger partial charge in [-0.25, -0.2) is 4.98 Å². The Morgan fingerprint density at radius 2 is 2.35 bits per heavy atom. The molecule has 7 nitrogen and oxygen atoms in total. The predicted octanol–water partition coefficient (Wildman–Crippen LogP) is 0.0587. The smallest absolute Gasteiger partial charge is 0.269 e. The molecule has 1 rings (SSSR count). The number of aryl methyl sites for hydroxylation is 1. The number of hydrogen-bond acceptors (Lipinski definition) is 6. The first-order valence-corrected chi connectivity index (χ1v) is 7.02. The molecule has 0 saturated carbocycles. The number of carbonyl (C=O) groups is 1. The van der Waals surface area contributed by atoms with Crippen LogP contribution in [-0.4, -0.2) is 41.9 Å². The van der Waals surface area contributed by atoms with Crippen LogP contribution in [0.2, 0.25) is 0 Å². The van der Waals surface area contributed by atoms with Crippen LogP contribution in [0.25, 0.3) is 0 Å². The number of carbonyl (C=O) groups excluding carboxylic acids is 1. The molecule has 0 radical (unpaired) electrons. The van der Waals surface area contributed by atoms with Gasteiger partial charge in [-0.15, -0.1) is 0 Å². The molecule has 0 unspecified atom stereocenters. The van der Waals surface area contributed by atoms with Crippen molar-refractivity contribution in [1.82, 2.24) is 15.3 Å². The molecular weight excluding hydrogens is 280 g/mol. The van der Waals surface area contributed by atoms with E-state index < -0.39 is 5.56 Å². The van der Waals surface area contributed by atoms with E-state index in [1.165, 1.54) is 0 Å². The van der Waals surface area contributed by atoms with Gasteiger partial charge in [0.15, 0.2) is 5.16 Å². The van der Waals surface area contributed by atoms with Crippen molar-refractivity contribution in [3.05, 3.63) is 21.6 Å². The molecule has 0 fully saturated rings. The van der Waals surface area contributed by atoms with E-state index >= 15 is 0 Å². The lowest BCUT2D eigenvalue weighted by molar-refractivity contribution is -0.118. The molecule has 0 aliphatic carbocycles. The molecule has 0 bridgehead atoms. The number of nitrogens with one attached hydrogen (secondary N) is 2. The summed E-state index contributed by atoms with van der Waals surface area (Å²) in [6.45, 7) is 2.70. The van der Waals surface area contributed by atoms with Gasteiger partial charge in [-0.05, 0) is 6.42 Å². The molecule has 8 heteroatoms. The third-order valence-electron chi connectivity index (χ3n) is 2.39. The van der Waals surface area contributed by atoms with Crippen molar-refractivity contribution in [2.24, 2.45) is 0 Å². The minimum absolute atomic E-state index is 0.0291. The van der Waals surface area contributed by atoms with E-state index in [2.05, 4.69) is 15.3 Å². The topological polar surface area (TPSA) is 108 Å². The fourth-order valence-electron chi connectivity index (χ4n) is 1.41. The van der Waals surface area contributed by atoms with Gasteiger partial charge in [-0.1, -0.05) is 18.7 Å². The van der Waals surface area contributed by atoms with Crippen LogP contribution in [0.1, 0.15) is 18.2 Å². The average Bonchev–Trinajstić information content (AvgIpc) is 2.44. The molecular formula is C12H16N4O3S. The van der Waals surface area contributed by atoms with Gasteiger partial charge in [0.1, 0.15) is 11.6 Å². The number of amides is 1. The summed E-state index contributed by atoms with van der Waals surface area (Å²) in [6, 6.07) is 1.83. The number of aromatic nitrogens is 2. The Hall–Kier alpha value is -1.85. The van der Waals surface area contributed by atoms with Crippen LogP contribution in [0.15, 0.2) is 9.95 Å². The number of aromatic amines is 1. The lowest BCUT2D eigenvalue weighted by Crippen LogP contribution is -2.28. The molecule has 1 heterocycles. The zero-order chi connectivity index (χ0) is 15.0. The maximum absolute atomic E-state index is 11.7. The summed E-state index contributed by atoms with van der Waals surface area (Å²) in [7, 11) is 1.55. The number of ether oxygens (including phenoxy) is 1. The van der Waals surface area contributed by atoms with Gasteiger partial charge in [0.2, 0.25) is 5.91 Å². The Bertz CT molecular complexity index is 565. The van der Waals surface area contributed by atoms with Crippen molar-refractivity contribution in [3.63, 3.8) is 0 Å². The summed E-state index contributed by atoms with van der Waals surface area (Å²) >= 11 is 1.12. The summed E-state index contributed by atoms with van der Waals surface area (Å²) in [5, 5.41) is 11.9. The van der Waals surface area contributed by atoms with Gasteiger partial charge >= 0.3 is 0 Å². The second kappa shape index (κ2) is 8.35. The third kappa shape index (κ3) is 4.68. The van der Waals surface area contributed by atoms with Crippen LogP contribution in [0, 0.1) is 11.3 Å². The number of rotatable bonds is 7. The van der Waals surface area contributed by atoms with Crippen LogP contribution < -0.4 is 10.9 Å². The van der Waals surface area contributed by atoms with Gasteiger partial charge in [0, 0.05) is 13.7 Å². The summed E-state index contributed by atoms with van der Waals surface area (Å²) in [5.41, 5.74) is 0.00146. The van der Waals surface area contributed by atoms with Crippen LogP contribution in [0.3, 0.4) is 0 Å². The Morgan fingerprint density at radius 1 is 1.60 bits per heavy atom. The Balaban J connectivity index is 2.66. The molecule has 0 aromatic carbocycles. The average molecular weight is 296 g/mol. The SMILES string of the molecule is CCc1nc(SCC(=O)NCCOC)[nH]c(=O)c1C#N. The van der Waals surface area contributed by atoms with Gasteiger partial charge in [0.25, 0.3) is 5.56 Å². The van der Waals surface area contributed by atoms with Crippen LogP contribution in [0.4, 0.5) is 0 Å². The molecule has 2 N–H and O–H groups in total. The molecule has 0 spiro atoms. The Morgan fingerprint density at radius 3 is 2.95 bits per heavy atom. The molecule has 0 aliphatic heterocycles. The van der Waals surface area contributed by atoms with Crippen LogP contribution in [-0.2, 0) is 16.0 Å². The predicted molar refractivity (Wildman–Crippen MR) is 74.6 cm³/mol. The lowest BCUT2D eigenvalue weighted by atomic mass is 10.2. The van der Waals surface area contributed by atoms with Gasteiger partial charge in [-0.3, -0.25) is 9.59 Å². The van der Waals surface area contributed by atoms with E-state index in [4.69, 9.17) is 10.00 Å². The number of hydrogen-bond donors (Lipinski definition) is 2. The zero-order valence-corrected chi connectivity index (χ0v) is 12.2. The highest BCUT2D eigenvalue weighted by atomic mass is 32.2. The summed E-state index contributed by atoms with van der Waals surface area (Å²) in [6.07, 6.45) is 0.487. The minimum atomic E-state index is -0.471. The second-order valence-corrected chi connectivity index (χ2v) is 4.75. The standard InChI is InChI=1S/C12H16N4O3S/c1-3-9-8(6-13)11(18)16-12(15-9)20-7-10(17)14-4-5-19-2/h3-5,7H2,1-2H3,(H,14,17)(H,15,16,18). The normalized spacial score (nSPS) is 10.1. The van der Waals surface area contributed by atoms with E-state index in [1.54, 1.807) is 7.11 Å². The van der Waals surface area contributed by atoms with Crippen molar-refractivity contribution in [2.45, 2.75) is 18.5 Å². The highest BCUT2D eigenvalue weighted by Gasteiger charge is 2.11. The molecule has 0 aliphatic rings. The molecule has 108 valence electrons. The van der Waals surface area contributed by atoms with Crippen molar-refractivity contribution < 1.29 is 9.53 Å². The summed E-state index contributed by atoms with van der Waals surface area (Å²) in [4.78, 5) is 29.8. The van der Waals surface area contributed by atoms with E-state index in [1.807, 2.05) is 13.0 Å². The first kappa shape index (κ1) is 16.2.